The Morgan fingerprint density at radius 2 is 2.20 bits per heavy atom. The van der Waals surface area contributed by atoms with Gasteiger partial charge in [0.25, 0.3) is 6.43 Å². The van der Waals surface area contributed by atoms with Crippen molar-refractivity contribution in [3.05, 3.63) is 12.1 Å². The molecule has 1 aromatic heterocycles. The molecule has 0 aliphatic carbocycles. The maximum Gasteiger partial charge on any atom is 0.255 e. The van der Waals surface area contributed by atoms with Gasteiger partial charge in [0, 0.05) is 7.05 Å². The van der Waals surface area contributed by atoms with Crippen LogP contribution in [0.5, 0.6) is 5.88 Å². The van der Waals surface area contributed by atoms with E-state index in [-0.39, 0.29) is 12.4 Å². The molecule has 4 nitrogen and oxygen atoms in total. The molecule has 0 saturated carbocycles. The van der Waals surface area contributed by atoms with E-state index in [0.717, 1.165) is 0 Å². The summed E-state index contributed by atoms with van der Waals surface area (Å²) in [4.78, 5) is 5.33. The molecule has 15 heavy (non-hydrogen) atoms. The molecule has 0 aromatic carbocycles. The Kier molecular flexibility index (Phi) is 3.65. The number of hydrogen-bond acceptors (Lipinski definition) is 4. The van der Waals surface area contributed by atoms with Gasteiger partial charge in [0.2, 0.25) is 5.88 Å². The van der Waals surface area contributed by atoms with Crippen molar-refractivity contribution < 1.29 is 13.5 Å². The molecular weight excluding hydrogens is 204 g/mol. The van der Waals surface area contributed by atoms with Crippen LogP contribution >= 0.6 is 0 Å². The maximum absolute atomic E-state index is 12.1. The summed E-state index contributed by atoms with van der Waals surface area (Å²) in [6.45, 7) is -0.375. The summed E-state index contributed by atoms with van der Waals surface area (Å²) in [5, 5.41) is 0. The Bertz CT molecular complexity index is 333. The van der Waals surface area contributed by atoms with Crippen LogP contribution in [0.15, 0.2) is 12.1 Å². The van der Waals surface area contributed by atoms with Crippen LogP contribution in [-0.4, -0.2) is 32.1 Å². The summed E-state index contributed by atoms with van der Waals surface area (Å²) in [5.74, 6) is 0.648. The molecule has 0 radical (unpaired) electrons. The Morgan fingerprint density at radius 1 is 1.53 bits per heavy atom. The van der Waals surface area contributed by atoms with Gasteiger partial charge in [-0.15, -0.1) is 0 Å². The van der Waals surface area contributed by atoms with Crippen LogP contribution in [0.3, 0.4) is 0 Å². The van der Waals surface area contributed by atoms with Crippen molar-refractivity contribution in [2.45, 2.75) is 6.43 Å². The second-order valence-electron chi connectivity index (χ2n) is 3.04. The highest BCUT2D eigenvalue weighted by atomic mass is 19.3. The molecule has 1 rings (SSSR count). The van der Waals surface area contributed by atoms with Gasteiger partial charge in [0.1, 0.15) is 5.82 Å². The smallest absolute Gasteiger partial charge is 0.255 e. The van der Waals surface area contributed by atoms with E-state index in [0.29, 0.717) is 11.5 Å². The molecule has 0 atom stereocenters. The lowest BCUT2D eigenvalue weighted by atomic mass is 10.4. The summed E-state index contributed by atoms with van der Waals surface area (Å²) < 4.78 is 29.1. The topological polar surface area (TPSA) is 51.4 Å². The van der Waals surface area contributed by atoms with Crippen molar-refractivity contribution in [3.8, 4) is 5.88 Å². The van der Waals surface area contributed by atoms with Gasteiger partial charge in [-0.1, -0.05) is 0 Å². The minimum atomic E-state index is -2.40. The number of rotatable bonds is 4. The predicted molar refractivity (Wildman–Crippen MR) is 54.5 cm³/mol. The first-order valence-corrected chi connectivity index (χ1v) is 4.34. The standard InChI is InChI=1S/C9H13F2N3O/c1-14(5-7(10)11)8-4-3-6(12)9(13-8)15-2/h3-4,7H,5,12H2,1-2H3. The molecule has 1 aromatic rings. The first-order chi connectivity index (χ1) is 7.04. The molecule has 84 valence electrons. The number of halogens is 2. The fourth-order valence-corrected chi connectivity index (χ4v) is 1.12. The summed E-state index contributed by atoms with van der Waals surface area (Å²) in [7, 11) is 2.96. The highest BCUT2D eigenvalue weighted by molar-refractivity contribution is 5.54. The lowest BCUT2D eigenvalue weighted by molar-refractivity contribution is 0.156. The second kappa shape index (κ2) is 4.77. The van der Waals surface area contributed by atoms with Crippen molar-refractivity contribution in [3.63, 3.8) is 0 Å². The molecule has 0 aliphatic rings. The van der Waals surface area contributed by atoms with E-state index in [1.807, 2.05) is 0 Å². The third-order valence-electron chi connectivity index (χ3n) is 1.87. The van der Waals surface area contributed by atoms with Gasteiger partial charge in [-0.2, -0.15) is 4.98 Å². The number of nitrogens with zero attached hydrogens (tertiary/aromatic N) is 2. The normalized spacial score (nSPS) is 10.5. The third kappa shape index (κ3) is 2.93. The lowest BCUT2D eigenvalue weighted by Crippen LogP contribution is -2.25. The first kappa shape index (κ1) is 11.5. The maximum atomic E-state index is 12.1. The quantitative estimate of drug-likeness (QED) is 0.827. The van der Waals surface area contributed by atoms with Crippen molar-refractivity contribution in [2.24, 2.45) is 0 Å². The minimum Gasteiger partial charge on any atom is -0.479 e. The molecule has 0 aliphatic heterocycles. The van der Waals surface area contributed by atoms with E-state index in [1.54, 1.807) is 12.1 Å². The molecule has 0 fully saturated rings. The fraction of sp³-hybridized carbons (Fsp3) is 0.444. The molecule has 1 heterocycles. The SMILES string of the molecule is COc1nc(N(C)CC(F)F)ccc1N. The van der Waals surface area contributed by atoms with Crippen LogP contribution in [0.25, 0.3) is 0 Å². The van der Waals surface area contributed by atoms with Gasteiger partial charge >= 0.3 is 0 Å². The Balaban J connectivity index is 2.85. The van der Waals surface area contributed by atoms with Gasteiger partial charge in [0.15, 0.2) is 0 Å². The number of alkyl halides is 2. The van der Waals surface area contributed by atoms with Crippen LogP contribution in [0, 0.1) is 0 Å². The zero-order chi connectivity index (χ0) is 11.4. The van der Waals surface area contributed by atoms with E-state index in [1.165, 1.54) is 19.1 Å². The number of aromatic nitrogens is 1. The highest BCUT2D eigenvalue weighted by Gasteiger charge is 2.11. The van der Waals surface area contributed by atoms with Gasteiger partial charge in [0.05, 0.1) is 19.3 Å². The number of hydrogen-bond donors (Lipinski definition) is 1. The average Bonchev–Trinajstić information content (AvgIpc) is 2.17. The molecule has 0 spiro atoms. The number of nitrogens with two attached hydrogens (primary N) is 1. The predicted octanol–water partition coefficient (Wildman–Crippen LogP) is 1.37. The summed E-state index contributed by atoms with van der Waals surface area (Å²) in [6.07, 6.45) is -2.40. The van der Waals surface area contributed by atoms with Crippen molar-refractivity contribution in [1.82, 2.24) is 4.98 Å². The summed E-state index contributed by atoms with van der Waals surface area (Å²) in [6, 6.07) is 3.14. The third-order valence-corrected chi connectivity index (χ3v) is 1.87. The molecule has 2 N–H and O–H groups in total. The van der Waals surface area contributed by atoms with Crippen molar-refractivity contribution in [2.75, 3.05) is 31.3 Å². The van der Waals surface area contributed by atoms with E-state index in [4.69, 9.17) is 10.5 Å². The monoisotopic (exact) mass is 217 g/mol. The molecular formula is C9H13F2N3O. The molecule has 0 bridgehead atoms. The number of pyridine rings is 1. The van der Waals surface area contributed by atoms with Crippen LogP contribution in [0.2, 0.25) is 0 Å². The molecule has 0 unspecified atom stereocenters. The van der Waals surface area contributed by atoms with E-state index >= 15 is 0 Å². The van der Waals surface area contributed by atoms with Gasteiger partial charge in [-0.25, -0.2) is 8.78 Å². The fourth-order valence-electron chi connectivity index (χ4n) is 1.12. The number of nitrogen functional groups attached to an aromatic ring is 1. The Hall–Kier alpha value is -1.59. The Morgan fingerprint density at radius 3 is 2.73 bits per heavy atom. The lowest BCUT2D eigenvalue weighted by Gasteiger charge is -2.18. The van der Waals surface area contributed by atoms with Crippen molar-refractivity contribution in [1.29, 1.82) is 0 Å². The molecule has 6 heteroatoms. The molecule has 0 amide bonds. The second-order valence-corrected chi connectivity index (χ2v) is 3.04. The zero-order valence-corrected chi connectivity index (χ0v) is 8.58. The van der Waals surface area contributed by atoms with Gasteiger partial charge in [-0.3, -0.25) is 0 Å². The zero-order valence-electron chi connectivity index (χ0n) is 8.58. The first-order valence-electron chi connectivity index (χ1n) is 4.34. The van der Waals surface area contributed by atoms with Crippen LogP contribution in [0.4, 0.5) is 20.3 Å². The number of methoxy groups -OCH3 is 1. The summed E-state index contributed by atoms with van der Waals surface area (Å²) >= 11 is 0. The van der Waals surface area contributed by atoms with Gasteiger partial charge in [-0.05, 0) is 12.1 Å². The van der Waals surface area contributed by atoms with Crippen LogP contribution in [0.1, 0.15) is 0 Å². The highest BCUT2D eigenvalue weighted by Crippen LogP contribution is 2.22. The van der Waals surface area contributed by atoms with E-state index in [2.05, 4.69) is 4.98 Å². The number of ether oxygens (including phenoxy) is 1. The van der Waals surface area contributed by atoms with E-state index < -0.39 is 6.43 Å². The summed E-state index contributed by atoms with van der Waals surface area (Å²) in [5.41, 5.74) is 5.93. The van der Waals surface area contributed by atoms with Crippen LogP contribution in [-0.2, 0) is 0 Å². The average molecular weight is 217 g/mol. The largest absolute Gasteiger partial charge is 0.479 e. The molecule has 0 saturated heterocycles. The Labute approximate surface area is 86.7 Å². The minimum absolute atomic E-state index is 0.244. The van der Waals surface area contributed by atoms with Crippen molar-refractivity contribution >= 4 is 11.5 Å². The van der Waals surface area contributed by atoms with Gasteiger partial charge < -0.3 is 15.4 Å². The van der Waals surface area contributed by atoms with Crippen LogP contribution < -0.4 is 15.4 Å². The van der Waals surface area contributed by atoms with E-state index in [9.17, 15) is 8.78 Å². The number of anilines is 2.